The number of amides is 1. The lowest BCUT2D eigenvalue weighted by Gasteiger charge is -2.36. The van der Waals surface area contributed by atoms with E-state index in [4.69, 9.17) is 0 Å². The second kappa shape index (κ2) is 8.13. The molecule has 1 aromatic heterocycles. The van der Waals surface area contributed by atoms with Crippen LogP contribution in [0.1, 0.15) is 39.3 Å². The van der Waals surface area contributed by atoms with Gasteiger partial charge in [-0.05, 0) is 26.7 Å². The van der Waals surface area contributed by atoms with Crippen LogP contribution in [0.5, 0.6) is 0 Å². The Morgan fingerprint density at radius 3 is 2.39 bits per heavy atom. The number of anilines is 2. The van der Waals surface area contributed by atoms with Crippen LogP contribution in [-0.4, -0.2) is 53.5 Å². The number of aryl methyl sites for hydroxylation is 1. The van der Waals surface area contributed by atoms with Crippen molar-refractivity contribution in [3.8, 4) is 0 Å². The van der Waals surface area contributed by atoms with Crippen LogP contribution in [0.15, 0.2) is 6.07 Å². The molecule has 0 spiro atoms. The lowest BCUT2D eigenvalue weighted by atomic mass is 10.0. The van der Waals surface area contributed by atoms with Crippen molar-refractivity contribution in [2.75, 3.05) is 42.9 Å². The van der Waals surface area contributed by atoms with Crippen LogP contribution in [0, 0.1) is 12.8 Å². The van der Waals surface area contributed by atoms with Crippen molar-refractivity contribution in [3.63, 3.8) is 0 Å². The van der Waals surface area contributed by atoms with Gasteiger partial charge in [-0.2, -0.15) is 4.98 Å². The molecule has 6 heteroatoms. The molecule has 0 atom stereocenters. The average molecular weight is 319 g/mol. The van der Waals surface area contributed by atoms with E-state index in [1.54, 1.807) is 0 Å². The van der Waals surface area contributed by atoms with Crippen LogP contribution in [0.25, 0.3) is 0 Å². The minimum atomic E-state index is 0.164. The van der Waals surface area contributed by atoms with Gasteiger partial charge < -0.3 is 15.1 Å². The number of rotatable bonds is 6. The zero-order valence-corrected chi connectivity index (χ0v) is 14.8. The van der Waals surface area contributed by atoms with Gasteiger partial charge >= 0.3 is 0 Å². The van der Waals surface area contributed by atoms with Crippen molar-refractivity contribution in [1.29, 1.82) is 0 Å². The molecule has 2 heterocycles. The van der Waals surface area contributed by atoms with Crippen molar-refractivity contribution in [3.05, 3.63) is 11.8 Å². The molecule has 6 nitrogen and oxygen atoms in total. The van der Waals surface area contributed by atoms with Gasteiger partial charge in [-0.3, -0.25) is 4.79 Å². The van der Waals surface area contributed by atoms with E-state index in [0.29, 0.717) is 5.91 Å². The van der Waals surface area contributed by atoms with E-state index in [9.17, 15) is 4.79 Å². The van der Waals surface area contributed by atoms with E-state index in [0.717, 1.165) is 63.0 Å². The van der Waals surface area contributed by atoms with Gasteiger partial charge in [0.05, 0.1) is 0 Å². The number of hydrogen-bond donors (Lipinski definition) is 1. The van der Waals surface area contributed by atoms with Crippen LogP contribution in [0.3, 0.4) is 0 Å². The van der Waals surface area contributed by atoms with Gasteiger partial charge in [-0.25, -0.2) is 4.98 Å². The molecular weight excluding hydrogens is 290 g/mol. The fraction of sp³-hybridized carbons (Fsp3) is 0.706. The van der Waals surface area contributed by atoms with Gasteiger partial charge in [0.15, 0.2) is 0 Å². The van der Waals surface area contributed by atoms with Crippen molar-refractivity contribution >= 4 is 17.7 Å². The van der Waals surface area contributed by atoms with Crippen LogP contribution >= 0.6 is 0 Å². The van der Waals surface area contributed by atoms with Crippen molar-refractivity contribution in [1.82, 2.24) is 14.9 Å². The summed E-state index contributed by atoms with van der Waals surface area (Å²) < 4.78 is 0. The van der Waals surface area contributed by atoms with Crippen molar-refractivity contribution in [2.24, 2.45) is 5.92 Å². The summed E-state index contributed by atoms with van der Waals surface area (Å²) in [5, 5.41) is 3.24. The molecule has 0 unspecified atom stereocenters. The molecule has 0 aromatic carbocycles. The fourth-order valence-electron chi connectivity index (χ4n) is 2.99. The molecule has 1 fully saturated rings. The highest BCUT2D eigenvalue weighted by Crippen LogP contribution is 2.18. The summed E-state index contributed by atoms with van der Waals surface area (Å²) in [5.41, 5.74) is 0.960. The number of hydrogen-bond acceptors (Lipinski definition) is 5. The minimum absolute atomic E-state index is 0.164. The Morgan fingerprint density at radius 1 is 1.17 bits per heavy atom. The summed E-state index contributed by atoms with van der Waals surface area (Å²) in [7, 11) is 0. The van der Waals surface area contributed by atoms with Gasteiger partial charge in [0, 0.05) is 50.4 Å². The van der Waals surface area contributed by atoms with E-state index < -0.39 is 0 Å². The van der Waals surface area contributed by atoms with E-state index >= 15 is 0 Å². The lowest BCUT2D eigenvalue weighted by molar-refractivity contribution is -0.136. The predicted molar refractivity (Wildman–Crippen MR) is 93.8 cm³/mol. The highest BCUT2D eigenvalue weighted by Gasteiger charge is 2.26. The third kappa shape index (κ3) is 4.33. The summed E-state index contributed by atoms with van der Waals surface area (Å²) in [6.45, 7) is 12.1. The first-order valence-corrected chi connectivity index (χ1v) is 8.72. The second-order valence-corrected chi connectivity index (χ2v) is 6.05. The highest BCUT2D eigenvalue weighted by atomic mass is 16.2. The standard InChI is InChI=1S/C17H29N5O/c1-5-14(6-2)16(23)21-8-10-22(11-9-21)17-19-13(4)12-15(20-17)18-7-3/h12,14H,5-11H2,1-4H3,(H,18,19,20). The minimum Gasteiger partial charge on any atom is -0.370 e. The average Bonchev–Trinajstić information content (AvgIpc) is 2.56. The lowest BCUT2D eigenvalue weighted by Crippen LogP contribution is -2.50. The van der Waals surface area contributed by atoms with E-state index in [-0.39, 0.29) is 5.92 Å². The van der Waals surface area contributed by atoms with Gasteiger partial charge in [0.1, 0.15) is 5.82 Å². The molecule has 1 aliphatic rings. The third-order valence-electron chi connectivity index (χ3n) is 4.41. The van der Waals surface area contributed by atoms with Crippen LogP contribution in [0.4, 0.5) is 11.8 Å². The Hall–Kier alpha value is -1.85. The van der Waals surface area contributed by atoms with E-state index in [1.165, 1.54) is 0 Å². The Morgan fingerprint density at radius 2 is 1.83 bits per heavy atom. The maximum Gasteiger partial charge on any atom is 0.227 e. The topological polar surface area (TPSA) is 61.4 Å². The summed E-state index contributed by atoms with van der Waals surface area (Å²) in [4.78, 5) is 25.8. The third-order valence-corrected chi connectivity index (χ3v) is 4.41. The first-order chi connectivity index (χ1) is 11.1. The van der Waals surface area contributed by atoms with Crippen LogP contribution in [-0.2, 0) is 4.79 Å². The maximum atomic E-state index is 12.5. The Kier molecular flexibility index (Phi) is 6.19. The molecule has 0 radical (unpaired) electrons. The summed E-state index contributed by atoms with van der Waals surface area (Å²) in [6, 6.07) is 1.96. The van der Waals surface area contributed by atoms with Crippen LogP contribution < -0.4 is 10.2 Å². The number of carbonyl (C=O) groups excluding carboxylic acids is 1. The largest absolute Gasteiger partial charge is 0.370 e. The Balaban J connectivity index is 2.00. The molecule has 1 aromatic rings. The van der Waals surface area contributed by atoms with Crippen molar-refractivity contribution in [2.45, 2.75) is 40.5 Å². The van der Waals surface area contributed by atoms with Crippen molar-refractivity contribution < 1.29 is 4.79 Å². The Bertz CT molecular complexity index is 522. The van der Waals surface area contributed by atoms with E-state index in [1.807, 2.05) is 17.9 Å². The zero-order chi connectivity index (χ0) is 16.8. The SMILES string of the molecule is CCNc1cc(C)nc(N2CCN(C(=O)C(CC)CC)CC2)n1. The predicted octanol–water partition coefficient (Wildman–Crippen LogP) is 2.30. The first-order valence-electron chi connectivity index (χ1n) is 8.72. The maximum absolute atomic E-state index is 12.5. The molecule has 128 valence electrons. The molecular formula is C17H29N5O. The molecule has 1 saturated heterocycles. The normalized spacial score (nSPS) is 15.2. The number of nitrogens with one attached hydrogen (secondary N) is 1. The van der Waals surface area contributed by atoms with Gasteiger partial charge in [0.25, 0.3) is 0 Å². The number of aromatic nitrogens is 2. The molecule has 0 saturated carbocycles. The highest BCUT2D eigenvalue weighted by molar-refractivity contribution is 5.79. The molecule has 1 N–H and O–H groups in total. The van der Waals surface area contributed by atoms with Gasteiger partial charge in [-0.1, -0.05) is 13.8 Å². The fourth-order valence-corrected chi connectivity index (χ4v) is 2.99. The quantitative estimate of drug-likeness (QED) is 0.872. The number of piperazine rings is 1. The van der Waals surface area contributed by atoms with Gasteiger partial charge in [-0.15, -0.1) is 0 Å². The van der Waals surface area contributed by atoms with E-state index in [2.05, 4.69) is 41.0 Å². The first kappa shape index (κ1) is 17.5. The summed E-state index contributed by atoms with van der Waals surface area (Å²) in [5.74, 6) is 2.09. The smallest absolute Gasteiger partial charge is 0.227 e. The molecule has 0 bridgehead atoms. The monoisotopic (exact) mass is 319 g/mol. The molecule has 1 amide bonds. The summed E-state index contributed by atoms with van der Waals surface area (Å²) in [6.07, 6.45) is 1.84. The molecule has 1 aliphatic heterocycles. The van der Waals surface area contributed by atoms with Crippen LogP contribution in [0.2, 0.25) is 0 Å². The zero-order valence-electron chi connectivity index (χ0n) is 14.8. The second-order valence-electron chi connectivity index (χ2n) is 6.05. The number of carbonyl (C=O) groups is 1. The molecule has 2 rings (SSSR count). The molecule has 0 aliphatic carbocycles. The Labute approximate surface area is 139 Å². The number of nitrogens with zero attached hydrogens (tertiary/aromatic N) is 4. The molecule has 23 heavy (non-hydrogen) atoms. The van der Waals surface area contributed by atoms with Gasteiger partial charge in [0.2, 0.25) is 11.9 Å². The summed E-state index contributed by atoms with van der Waals surface area (Å²) >= 11 is 0.